The van der Waals surface area contributed by atoms with Crippen LogP contribution in [0.5, 0.6) is 5.75 Å². The summed E-state index contributed by atoms with van der Waals surface area (Å²) in [6.45, 7) is 0.912. The molecule has 3 rings (SSSR count). The molecule has 0 saturated carbocycles. The highest BCUT2D eigenvalue weighted by molar-refractivity contribution is 7.99. The van der Waals surface area contributed by atoms with Crippen molar-refractivity contribution in [3.63, 3.8) is 0 Å². The van der Waals surface area contributed by atoms with E-state index >= 15 is 0 Å². The smallest absolute Gasteiger partial charge is 0.172 e. The molecule has 0 amide bonds. The SMILES string of the molecule is COc1cccc(-n2ccnc2SCCn2ccnc2)c1. The molecule has 2 heterocycles. The van der Waals surface area contributed by atoms with Crippen LogP contribution in [0.2, 0.25) is 0 Å². The number of imidazole rings is 2. The summed E-state index contributed by atoms with van der Waals surface area (Å²) < 4.78 is 9.40. The molecule has 1 aromatic carbocycles. The monoisotopic (exact) mass is 300 g/mol. The summed E-state index contributed by atoms with van der Waals surface area (Å²) in [7, 11) is 1.67. The van der Waals surface area contributed by atoms with Gasteiger partial charge < -0.3 is 9.30 Å². The minimum atomic E-state index is 0.843. The molecule has 0 radical (unpaired) electrons. The molecule has 2 aromatic heterocycles. The summed E-state index contributed by atoms with van der Waals surface area (Å²) in [4.78, 5) is 8.47. The van der Waals surface area contributed by atoms with Crippen LogP contribution in [0.25, 0.3) is 5.69 Å². The second-order valence-corrected chi connectivity index (χ2v) is 5.49. The van der Waals surface area contributed by atoms with Crippen LogP contribution < -0.4 is 4.74 Å². The minimum Gasteiger partial charge on any atom is -0.497 e. The van der Waals surface area contributed by atoms with Crippen LogP contribution in [0.4, 0.5) is 0 Å². The molecule has 0 N–H and O–H groups in total. The van der Waals surface area contributed by atoms with Crippen LogP contribution in [0.3, 0.4) is 0 Å². The first-order valence-corrected chi connectivity index (χ1v) is 7.62. The van der Waals surface area contributed by atoms with Crippen LogP contribution in [0, 0.1) is 0 Å². The maximum Gasteiger partial charge on any atom is 0.172 e. The Hall–Kier alpha value is -2.21. The molecule has 6 heteroatoms. The number of aryl methyl sites for hydroxylation is 1. The van der Waals surface area contributed by atoms with Gasteiger partial charge in [0.1, 0.15) is 5.75 Å². The Labute approximate surface area is 127 Å². The van der Waals surface area contributed by atoms with Gasteiger partial charge in [-0.15, -0.1) is 0 Å². The molecule has 0 aliphatic rings. The minimum absolute atomic E-state index is 0.843. The normalized spacial score (nSPS) is 10.7. The van der Waals surface area contributed by atoms with Crippen molar-refractivity contribution in [2.75, 3.05) is 12.9 Å². The second-order valence-electron chi connectivity index (χ2n) is 4.43. The van der Waals surface area contributed by atoms with Crippen LogP contribution in [-0.2, 0) is 6.54 Å². The lowest BCUT2D eigenvalue weighted by Gasteiger charge is -2.09. The second kappa shape index (κ2) is 6.49. The number of thioether (sulfide) groups is 1. The van der Waals surface area contributed by atoms with E-state index in [0.29, 0.717) is 0 Å². The van der Waals surface area contributed by atoms with Gasteiger partial charge in [-0.3, -0.25) is 4.57 Å². The van der Waals surface area contributed by atoms with Crippen molar-refractivity contribution in [3.05, 3.63) is 55.4 Å². The van der Waals surface area contributed by atoms with Gasteiger partial charge in [-0.2, -0.15) is 0 Å². The van der Waals surface area contributed by atoms with Gasteiger partial charge in [0.15, 0.2) is 5.16 Å². The van der Waals surface area contributed by atoms with E-state index in [-0.39, 0.29) is 0 Å². The summed E-state index contributed by atoms with van der Waals surface area (Å²) >= 11 is 1.72. The lowest BCUT2D eigenvalue weighted by Crippen LogP contribution is -2.00. The quantitative estimate of drug-likeness (QED) is 0.657. The molecule has 5 nitrogen and oxygen atoms in total. The first-order valence-electron chi connectivity index (χ1n) is 6.63. The highest BCUT2D eigenvalue weighted by atomic mass is 32.2. The molecule has 0 fully saturated rings. The molecule has 0 atom stereocenters. The third kappa shape index (κ3) is 3.28. The van der Waals surface area contributed by atoms with Gasteiger partial charge in [0.2, 0.25) is 0 Å². The largest absolute Gasteiger partial charge is 0.497 e. The molecule has 0 aliphatic carbocycles. The summed E-state index contributed by atoms with van der Waals surface area (Å²) in [6.07, 6.45) is 9.37. The van der Waals surface area contributed by atoms with E-state index in [1.54, 1.807) is 25.1 Å². The number of methoxy groups -OCH3 is 1. The Balaban J connectivity index is 1.71. The van der Waals surface area contributed by atoms with E-state index in [1.165, 1.54) is 0 Å². The Morgan fingerprint density at radius 3 is 3.00 bits per heavy atom. The number of hydrogen-bond acceptors (Lipinski definition) is 4. The van der Waals surface area contributed by atoms with E-state index in [1.807, 2.05) is 49.2 Å². The number of benzene rings is 1. The van der Waals surface area contributed by atoms with Crippen LogP contribution in [0.1, 0.15) is 0 Å². The first-order chi connectivity index (χ1) is 10.4. The third-order valence-corrected chi connectivity index (χ3v) is 4.03. The molecule has 0 unspecified atom stereocenters. The highest BCUT2D eigenvalue weighted by Gasteiger charge is 2.06. The lowest BCUT2D eigenvalue weighted by atomic mass is 10.3. The Bertz CT molecular complexity index is 693. The molecule has 21 heavy (non-hydrogen) atoms. The molecule has 3 aromatic rings. The van der Waals surface area contributed by atoms with E-state index in [9.17, 15) is 0 Å². The maximum absolute atomic E-state index is 5.27. The zero-order valence-electron chi connectivity index (χ0n) is 11.7. The van der Waals surface area contributed by atoms with Crippen LogP contribution in [0.15, 0.2) is 60.5 Å². The van der Waals surface area contributed by atoms with Gasteiger partial charge in [0.25, 0.3) is 0 Å². The van der Waals surface area contributed by atoms with Crippen LogP contribution in [-0.4, -0.2) is 32.0 Å². The van der Waals surface area contributed by atoms with Gasteiger partial charge in [0, 0.05) is 43.2 Å². The zero-order chi connectivity index (χ0) is 14.5. The van der Waals surface area contributed by atoms with Crippen molar-refractivity contribution in [1.29, 1.82) is 0 Å². The topological polar surface area (TPSA) is 44.9 Å². The molecule has 0 spiro atoms. The summed E-state index contributed by atoms with van der Waals surface area (Å²) in [5.41, 5.74) is 1.05. The number of hydrogen-bond donors (Lipinski definition) is 0. The summed E-state index contributed by atoms with van der Waals surface area (Å²) in [5.74, 6) is 1.78. The van der Waals surface area contributed by atoms with E-state index in [0.717, 1.165) is 28.9 Å². The van der Waals surface area contributed by atoms with Crippen molar-refractivity contribution < 1.29 is 4.74 Å². The average Bonchev–Trinajstić information content (AvgIpc) is 3.19. The van der Waals surface area contributed by atoms with Gasteiger partial charge >= 0.3 is 0 Å². The van der Waals surface area contributed by atoms with Gasteiger partial charge in [0.05, 0.1) is 19.1 Å². The number of nitrogens with zero attached hydrogens (tertiary/aromatic N) is 4. The van der Waals surface area contributed by atoms with Gasteiger partial charge in [-0.1, -0.05) is 17.8 Å². The predicted molar refractivity (Wildman–Crippen MR) is 83.1 cm³/mol. The van der Waals surface area contributed by atoms with E-state index < -0.39 is 0 Å². The standard InChI is InChI=1S/C15H16N4OS/c1-20-14-4-2-3-13(11-14)19-8-6-17-15(19)21-10-9-18-7-5-16-12-18/h2-8,11-12H,9-10H2,1H3. The lowest BCUT2D eigenvalue weighted by molar-refractivity contribution is 0.414. The first kappa shape index (κ1) is 13.8. The maximum atomic E-state index is 5.27. The summed E-state index contributed by atoms with van der Waals surface area (Å²) in [5, 5.41) is 0.975. The van der Waals surface area contributed by atoms with Gasteiger partial charge in [-0.05, 0) is 12.1 Å². The molecular formula is C15H16N4OS. The summed E-state index contributed by atoms with van der Waals surface area (Å²) in [6, 6.07) is 7.96. The number of aromatic nitrogens is 4. The highest BCUT2D eigenvalue weighted by Crippen LogP contribution is 2.23. The van der Waals surface area contributed by atoms with Crippen molar-refractivity contribution in [1.82, 2.24) is 19.1 Å². The van der Waals surface area contributed by atoms with Gasteiger partial charge in [-0.25, -0.2) is 9.97 Å². The fraction of sp³-hybridized carbons (Fsp3) is 0.200. The number of ether oxygens (including phenoxy) is 1. The molecular weight excluding hydrogens is 284 g/mol. The fourth-order valence-corrected chi connectivity index (χ4v) is 2.94. The average molecular weight is 300 g/mol. The van der Waals surface area contributed by atoms with Crippen molar-refractivity contribution in [3.8, 4) is 11.4 Å². The molecule has 0 aliphatic heterocycles. The van der Waals surface area contributed by atoms with E-state index in [2.05, 4.69) is 19.1 Å². The molecule has 0 bridgehead atoms. The Kier molecular flexibility index (Phi) is 4.25. The Morgan fingerprint density at radius 2 is 2.19 bits per heavy atom. The van der Waals surface area contributed by atoms with E-state index in [4.69, 9.17) is 4.74 Å². The Morgan fingerprint density at radius 1 is 1.24 bits per heavy atom. The molecule has 108 valence electrons. The van der Waals surface area contributed by atoms with Crippen molar-refractivity contribution in [2.45, 2.75) is 11.7 Å². The fourth-order valence-electron chi connectivity index (χ4n) is 2.01. The third-order valence-electron chi connectivity index (χ3n) is 3.08. The molecule has 0 saturated heterocycles. The van der Waals surface area contributed by atoms with Crippen LogP contribution >= 0.6 is 11.8 Å². The predicted octanol–water partition coefficient (Wildman–Crippen LogP) is 2.87. The van der Waals surface area contributed by atoms with Crippen molar-refractivity contribution >= 4 is 11.8 Å². The number of rotatable bonds is 6. The van der Waals surface area contributed by atoms with Crippen molar-refractivity contribution in [2.24, 2.45) is 0 Å². The zero-order valence-corrected chi connectivity index (χ0v) is 12.5.